The predicted octanol–water partition coefficient (Wildman–Crippen LogP) is 11.5. The monoisotopic (exact) mass is 798 g/mol. The number of allylic oxidation sites excluding steroid dienone is 2. The molecule has 0 amide bonds. The van der Waals surface area contributed by atoms with Crippen LogP contribution in [0.3, 0.4) is 0 Å². The molecule has 0 unspecified atom stereocenters. The van der Waals surface area contributed by atoms with Gasteiger partial charge in [0.2, 0.25) is 0 Å². The molecule has 1 saturated carbocycles. The van der Waals surface area contributed by atoms with Crippen molar-refractivity contribution in [3.8, 4) is 11.3 Å². The van der Waals surface area contributed by atoms with Crippen molar-refractivity contribution in [1.82, 2.24) is 9.97 Å². The van der Waals surface area contributed by atoms with E-state index >= 15 is 0 Å². The Morgan fingerprint density at radius 1 is 0.935 bits per heavy atom. The second-order valence-corrected chi connectivity index (χ2v) is 13.6. The van der Waals surface area contributed by atoms with Crippen molar-refractivity contribution in [3.05, 3.63) is 82.9 Å². The molecule has 3 aromatic carbocycles. The van der Waals surface area contributed by atoms with E-state index in [-0.39, 0.29) is 42.5 Å². The minimum atomic E-state index is -0.337. The summed E-state index contributed by atoms with van der Waals surface area (Å²) in [6.07, 6.45) is 10.1. The first-order chi connectivity index (χ1) is 21.4. The number of aromatic nitrogens is 2. The first-order valence-electron chi connectivity index (χ1n) is 17.1. The van der Waals surface area contributed by atoms with Crippen molar-refractivity contribution in [2.75, 3.05) is 0 Å². The van der Waals surface area contributed by atoms with Crippen molar-refractivity contribution in [1.29, 1.82) is 0 Å². The molecule has 1 radical (unpaired) electrons. The van der Waals surface area contributed by atoms with Crippen LogP contribution in [0.25, 0.3) is 32.9 Å². The Bertz CT molecular complexity index is 1680. The molecule has 46 heavy (non-hydrogen) atoms. The normalized spacial score (nSPS) is 14.2. The van der Waals surface area contributed by atoms with Crippen molar-refractivity contribution in [2.24, 2.45) is 10.8 Å². The minimum absolute atomic E-state index is 0. The van der Waals surface area contributed by atoms with Crippen molar-refractivity contribution in [3.63, 3.8) is 0 Å². The fraction of sp³-hybridized carbons (Fsp3) is 0.488. The number of carbonyl (C=O) groups is 1. The van der Waals surface area contributed by atoms with E-state index in [1.807, 2.05) is 66.7 Å². The molecule has 1 fully saturated rings. The van der Waals surface area contributed by atoms with Crippen LogP contribution in [0, 0.1) is 37.7 Å². The van der Waals surface area contributed by atoms with Gasteiger partial charge in [0.25, 0.3) is 0 Å². The van der Waals surface area contributed by atoms with Gasteiger partial charge in [0.15, 0.2) is 5.78 Å². The van der Waals surface area contributed by atoms with Crippen LogP contribution >= 0.6 is 0 Å². The number of fused-ring (bicyclic) bond motifs is 3. The predicted molar refractivity (Wildman–Crippen MR) is 190 cm³/mol. The van der Waals surface area contributed by atoms with Gasteiger partial charge in [-0.2, -0.15) is 0 Å². The zero-order chi connectivity index (χ0) is 32.9. The maximum absolute atomic E-state index is 12.2. The van der Waals surface area contributed by atoms with Gasteiger partial charge in [0.1, 0.15) is 11.6 Å². The number of carbonyl (C=O) groups excluding carboxylic acids is 1. The number of hydrogen-bond donors (Lipinski definition) is 1. The maximum Gasteiger partial charge on any atom is 0.164 e. The molecule has 249 valence electrons. The van der Waals surface area contributed by atoms with E-state index in [9.17, 15) is 9.90 Å². The number of rotatable bonds is 9. The first-order valence-corrected chi connectivity index (χ1v) is 17.1. The van der Waals surface area contributed by atoms with Crippen molar-refractivity contribution >= 4 is 27.5 Å². The summed E-state index contributed by atoms with van der Waals surface area (Å²) in [5, 5.41) is 13.8. The Kier molecular flexibility index (Phi) is 12.9. The van der Waals surface area contributed by atoms with Gasteiger partial charge in [-0.15, -0.1) is 35.9 Å². The Morgan fingerprint density at radius 3 is 2.13 bits per heavy atom. The molecule has 1 aliphatic carbocycles. The van der Waals surface area contributed by atoms with Gasteiger partial charge >= 0.3 is 0 Å². The van der Waals surface area contributed by atoms with E-state index < -0.39 is 0 Å². The van der Waals surface area contributed by atoms with Crippen LogP contribution in [0.4, 0.5) is 0 Å². The average molecular weight is 798 g/mol. The summed E-state index contributed by atoms with van der Waals surface area (Å²) in [5.74, 6) is 1.80. The first kappa shape index (κ1) is 37.6. The van der Waals surface area contributed by atoms with Gasteiger partial charge < -0.3 is 5.11 Å². The topological polar surface area (TPSA) is 63.1 Å². The Balaban J connectivity index is 0.000000280. The molecule has 0 spiro atoms. The summed E-state index contributed by atoms with van der Waals surface area (Å²) in [4.78, 5) is 21.9. The van der Waals surface area contributed by atoms with Crippen LogP contribution in [-0.2, 0) is 24.9 Å². The van der Waals surface area contributed by atoms with Crippen LogP contribution in [0.1, 0.15) is 121 Å². The summed E-state index contributed by atoms with van der Waals surface area (Å²) in [5.41, 5.74) is 6.88. The molecule has 5 heteroatoms. The van der Waals surface area contributed by atoms with E-state index in [0.717, 1.165) is 53.7 Å². The molecule has 1 aromatic heterocycles. The van der Waals surface area contributed by atoms with Gasteiger partial charge in [0, 0.05) is 42.4 Å². The van der Waals surface area contributed by atoms with Crippen LogP contribution in [0.15, 0.2) is 54.3 Å². The Morgan fingerprint density at radius 2 is 1.57 bits per heavy atom. The van der Waals surface area contributed by atoms with Crippen molar-refractivity contribution in [2.45, 2.75) is 120 Å². The number of aliphatic hydroxyl groups is 1. The zero-order valence-electron chi connectivity index (χ0n) is 29.4. The largest absolute Gasteiger partial charge is 0.512 e. The molecule has 1 N–H and O–H groups in total. The number of aryl methyl sites for hydroxylation is 3. The number of benzene rings is 3. The Hall–Kier alpha value is -2.88. The van der Waals surface area contributed by atoms with Crippen LogP contribution in [0.5, 0.6) is 0 Å². The third-order valence-corrected chi connectivity index (χ3v) is 10.9. The molecular weight excluding hydrogens is 745 g/mol. The molecule has 1 aliphatic rings. The summed E-state index contributed by atoms with van der Waals surface area (Å²) >= 11 is 0. The second-order valence-electron chi connectivity index (χ2n) is 13.6. The number of hydrogen-bond acceptors (Lipinski definition) is 4. The summed E-state index contributed by atoms with van der Waals surface area (Å²) in [6.45, 7) is 18.7. The van der Waals surface area contributed by atoms with E-state index in [1.165, 1.54) is 53.7 Å². The molecule has 0 saturated heterocycles. The summed E-state index contributed by atoms with van der Waals surface area (Å²) < 4.78 is 0. The van der Waals surface area contributed by atoms with E-state index in [4.69, 9.17) is 9.97 Å². The molecule has 1 heterocycles. The van der Waals surface area contributed by atoms with Crippen LogP contribution in [-0.4, -0.2) is 20.9 Å². The molecule has 4 nitrogen and oxygen atoms in total. The van der Waals surface area contributed by atoms with Crippen LogP contribution < -0.4 is 0 Å². The van der Waals surface area contributed by atoms with E-state index in [0.29, 0.717) is 5.92 Å². The van der Waals surface area contributed by atoms with Gasteiger partial charge in [-0.25, -0.2) is 4.98 Å². The van der Waals surface area contributed by atoms with Crippen LogP contribution in [0.2, 0.25) is 0 Å². The fourth-order valence-corrected chi connectivity index (χ4v) is 6.85. The van der Waals surface area contributed by atoms with E-state index in [2.05, 4.69) is 44.2 Å². The number of ketones is 1. The molecule has 5 rings (SSSR count). The van der Waals surface area contributed by atoms with Gasteiger partial charge in [-0.05, 0) is 98.4 Å². The zero-order valence-corrected chi connectivity index (χ0v) is 31.8. The van der Waals surface area contributed by atoms with Crippen molar-refractivity contribution < 1.29 is 30.0 Å². The Labute approximate surface area is 290 Å². The maximum atomic E-state index is 12.2. The molecule has 0 atom stereocenters. The molecule has 0 aliphatic heterocycles. The molecule has 0 bridgehead atoms. The third kappa shape index (κ3) is 7.63. The number of aliphatic hydroxyl groups excluding tert-OH is 1. The summed E-state index contributed by atoms with van der Waals surface area (Å²) in [6, 6.07) is 18.2. The summed E-state index contributed by atoms with van der Waals surface area (Å²) in [7, 11) is 0. The fourth-order valence-electron chi connectivity index (χ4n) is 6.85. The van der Waals surface area contributed by atoms with E-state index in [1.54, 1.807) is 5.56 Å². The third-order valence-electron chi connectivity index (χ3n) is 10.9. The SMILES string of the molecule is CCC(C)(CC)C(=O)/C=C(\O)C(C)(CC)CC.Cc1nc(-c2[c-]cccc2)c2ccc3cc(C)c(C4CCCC4)c(C)c3c2n1.[Ir]. The standard InChI is InChI=1S/C26H25N2.C15H28O2.Ir/c1-16-15-21-13-14-22-25(20-11-5-4-6-12-20)27-18(3)28-26(22)24(21)17(2)23(16)19-9-7-8-10-19;1-7-14(5,8-2)12(16)11-13(17)15(6,9-3)10-4;/h4-6,11,13-15,19H,7-10H2,1-3H3;11,16H,7-10H2,1-6H3;/q-1;;/b;12-11-;. The average Bonchev–Trinajstić information content (AvgIpc) is 3.58. The minimum Gasteiger partial charge on any atom is -0.512 e. The van der Waals surface area contributed by atoms with Gasteiger partial charge in [-0.1, -0.05) is 72.6 Å². The smallest absolute Gasteiger partial charge is 0.164 e. The van der Waals surface area contributed by atoms with Gasteiger partial charge in [-0.3, -0.25) is 9.78 Å². The molecule has 4 aromatic rings. The number of nitrogens with zero attached hydrogens (tertiary/aromatic N) is 2. The molecular formula is C41H53IrN2O2-. The second kappa shape index (κ2) is 15.8. The van der Waals surface area contributed by atoms with Gasteiger partial charge in [0.05, 0.1) is 5.52 Å². The quantitative estimate of drug-likeness (QED) is 0.0793.